The fourth-order valence-corrected chi connectivity index (χ4v) is 2.38. The lowest BCUT2D eigenvalue weighted by Crippen LogP contribution is -2.37. The number of amides is 1. The molecule has 0 radical (unpaired) electrons. The first-order valence-corrected chi connectivity index (χ1v) is 6.19. The Morgan fingerprint density at radius 3 is 3.24 bits per heavy atom. The normalized spacial score (nSPS) is 20.0. The molecule has 2 heterocycles. The molecule has 1 aliphatic heterocycles. The molecule has 0 bridgehead atoms. The molecule has 7 nitrogen and oxygen atoms in total. The van der Waals surface area contributed by atoms with Gasteiger partial charge in [-0.25, -0.2) is 0 Å². The van der Waals surface area contributed by atoms with Crippen molar-refractivity contribution >= 4 is 23.6 Å². The average Bonchev–Trinajstić information content (AvgIpc) is 2.75. The van der Waals surface area contributed by atoms with Crippen LogP contribution in [-0.4, -0.2) is 44.0 Å². The molecule has 2 N–H and O–H groups in total. The van der Waals surface area contributed by atoms with Gasteiger partial charge in [0.15, 0.2) is 5.16 Å². The van der Waals surface area contributed by atoms with Crippen LogP contribution in [0, 0.1) is 0 Å². The van der Waals surface area contributed by atoms with Gasteiger partial charge in [-0.1, -0.05) is 11.8 Å². The second-order valence-electron chi connectivity index (χ2n) is 3.65. The van der Waals surface area contributed by atoms with Gasteiger partial charge in [-0.15, -0.1) is 10.2 Å². The van der Waals surface area contributed by atoms with Crippen molar-refractivity contribution in [1.29, 1.82) is 0 Å². The molecule has 1 aromatic heterocycles. The van der Waals surface area contributed by atoms with E-state index in [9.17, 15) is 9.59 Å². The number of rotatable bonds is 4. The number of hydrogen-bond acceptors (Lipinski definition) is 5. The third-order valence-corrected chi connectivity index (χ3v) is 3.40. The zero-order valence-corrected chi connectivity index (χ0v) is 9.81. The van der Waals surface area contributed by atoms with Crippen LogP contribution in [0.3, 0.4) is 0 Å². The molecule has 8 heteroatoms. The van der Waals surface area contributed by atoms with Gasteiger partial charge < -0.3 is 10.4 Å². The monoisotopic (exact) mass is 256 g/mol. The SMILES string of the molecule is O=C(O)CSc1nncn1C1CCCNC1=O. The minimum Gasteiger partial charge on any atom is -0.481 e. The fraction of sp³-hybridized carbons (Fsp3) is 0.556. The van der Waals surface area contributed by atoms with E-state index in [1.807, 2.05) is 0 Å². The topological polar surface area (TPSA) is 97.1 Å². The van der Waals surface area contributed by atoms with Gasteiger partial charge in [0, 0.05) is 6.54 Å². The van der Waals surface area contributed by atoms with Crippen molar-refractivity contribution in [2.45, 2.75) is 24.0 Å². The van der Waals surface area contributed by atoms with Gasteiger partial charge >= 0.3 is 5.97 Å². The van der Waals surface area contributed by atoms with Crippen LogP contribution in [0.1, 0.15) is 18.9 Å². The Morgan fingerprint density at radius 1 is 1.71 bits per heavy atom. The minimum atomic E-state index is -0.919. The van der Waals surface area contributed by atoms with Crippen molar-refractivity contribution < 1.29 is 14.7 Å². The lowest BCUT2D eigenvalue weighted by atomic mass is 10.1. The summed E-state index contributed by atoms with van der Waals surface area (Å²) in [6.07, 6.45) is 3.10. The standard InChI is InChI=1S/C9H12N4O3S/c14-7(15)4-17-9-12-11-5-13(9)6-2-1-3-10-8(6)16/h5-6H,1-4H2,(H,10,16)(H,14,15). The summed E-state index contributed by atoms with van der Waals surface area (Å²) < 4.78 is 1.64. The summed E-state index contributed by atoms with van der Waals surface area (Å²) in [6, 6.07) is -0.324. The zero-order valence-electron chi connectivity index (χ0n) is 9.00. The molecule has 1 fully saturated rings. The van der Waals surface area contributed by atoms with Crippen LogP contribution in [0.15, 0.2) is 11.5 Å². The number of carbonyl (C=O) groups is 2. The summed E-state index contributed by atoms with van der Waals surface area (Å²) in [7, 11) is 0. The lowest BCUT2D eigenvalue weighted by Gasteiger charge is -2.23. The highest BCUT2D eigenvalue weighted by Crippen LogP contribution is 2.23. The van der Waals surface area contributed by atoms with Crippen LogP contribution >= 0.6 is 11.8 Å². The number of nitrogens with one attached hydrogen (secondary N) is 1. The molecule has 1 saturated heterocycles. The molecule has 2 rings (SSSR count). The van der Waals surface area contributed by atoms with Crippen molar-refractivity contribution in [2.75, 3.05) is 12.3 Å². The number of piperidine rings is 1. The fourth-order valence-electron chi connectivity index (χ4n) is 1.70. The summed E-state index contributed by atoms with van der Waals surface area (Å²) in [5.41, 5.74) is 0. The number of nitrogens with zero attached hydrogens (tertiary/aromatic N) is 3. The molecule has 92 valence electrons. The van der Waals surface area contributed by atoms with E-state index in [1.165, 1.54) is 6.33 Å². The number of carbonyl (C=O) groups excluding carboxylic acids is 1. The van der Waals surface area contributed by atoms with Crippen molar-refractivity contribution in [3.8, 4) is 0 Å². The summed E-state index contributed by atoms with van der Waals surface area (Å²) in [6.45, 7) is 0.690. The average molecular weight is 256 g/mol. The van der Waals surface area contributed by atoms with E-state index in [-0.39, 0.29) is 17.7 Å². The molecule has 1 atom stereocenters. The van der Waals surface area contributed by atoms with Crippen LogP contribution in [0.25, 0.3) is 0 Å². The van der Waals surface area contributed by atoms with E-state index in [2.05, 4.69) is 15.5 Å². The highest BCUT2D eigenvalue weighted by atomic mass is 32.2. The molecular weight excluding hydrogens is 244 g/mol. The lowest BCUT2D eigenvalue weighted by molar-refractivity contribution is -0.134. The van der Waals surface area contributed by atoms with Gasteiger partial charge in [0.2, 0.25) is 5.91 Å². The van der Waals surface area contributed by atoms with E-state index in [0.717, 1.165) is 24.6 Å². The van der Waals surface area contributed by atoms with Crippen LogP contribution in [0.4, 0.5) is 0 Å². The highest BCUT2D eigenvalue weighted by molar-refractivity contribution is 7.99. The summed E-state index contributed by atoms with van der Waals surface area (Å²) in [4.78, 5) is 22.2. The second-order valence-corrected chi connectivity index (χ2v) is 4.59. The smallest absolute Gasteiger partial charge is 0.313 e. The third-order valence-electron chi connectivity index (χ3n) is 2.46. The van der Waals surface area contributed by atoms with E-state index in [1.54, 1.807) is 4.57 Å². The quantitative estimate of drug-likeness (QED) is 0.730. The molecular formula is C9H12N4O3S. The number of hydrogen-bond donors (Lipinski definition) is 2. The first-order valence-electron chi connectivity index (χ1n) is 5.20. The summed E-state index contributed by atoms with van der Waals surface area (Å²) >= 11 is 1.07. The molecule has 17 heavy (non-hydrogen) atoms. The van der Waals surface area contributed by atoms with Gasteiger partial charge in [0.25, 0.3) is 0 Å². The van der Waals surface area contributed by atoms with Crippen LogP contribution in [-0.2, 0) is 9.59 Å². The maximum atomic E-state index is 11.7. The van der Waals surface area contributed by atoms with Crippen LogP contribution in [0.2, 0.25) is 0 Å². The second kappa shape index (κ2) is 5.17. The van der Waals surface area contributed by atoms with E-state index < -0.39 is 5.97 Å². The van der Waals surface area contributed by atoms with Gasteiger partial charge in [-0.2, -0.15) is 0 Å². The predicted octanol–water partition coefficient (Wildman–Crippen LogP) is -0.0941. The van der Waals surface area contributed by atoms with Gasteiger partial charge in [0.1, 0.15) is 12.4 Å². The Bertz CT molecular complexity index is 434. The zero-order chi connectivity index (χ0) is 12.3. The van der Waals surface area contributed by atoms with Crippen molar-refractivity contribution in [1.82, 2.24) is 20.1 Å². The van der Waals surface area contributed by atoms with E-state index in [0.29, 0.717) is 11.7 Å². The summed E-state index contributed by atoms with van der Waals surface area (Å²) in [5, 5.41) is 19.4. The molecule has 1 aromatic rings. The van der Waals surface area contributed by atoms with Gasteiger partial charge in [-0.3, -0.25) is 14.2 Å². The number of aliphatic carboxylic acids is 1. The third kappa shape index (κ3) is 2.76. The van der Waals surface area contributed by atoms with Crippen molar-refractivity contribution in [2.24, 2.45) is 0 Å². The number of carboxylic acid groups (broad SMARTS) is 1. The maximum Gasteiger partial charge on any atom is 0.313 e. The van der Waals surface area contributed by atoms with Crippen molar-refractivity contribution in [3.63, 3.8) is 0 Å². The highest BCUT2D eigenvalue weighted by Gasteiger charge is 2.26. The number of carboxylic acids is 1. The Morgan fingerprint density at radius 2 is 2.53 bits per heavy atom. The molecule has 0 aromatic carbocycles. The van der Waals surface area contributed by atoms with Crippen molar-refractivity contribution in [3.05, 3.63) is 6.33 Å². The Labute approximate surface area is 102 Å². The van der Waals surface area contributed by atoms with E-state index in [4.69, 9.17) is 5.11 Å². The maximum absolute atomic E-state index is 11.7. The van der Waals surface area contributed by atoms with Crippen LogP contribution in [0.5, 0.6) is 0 Å². The molecule has 0 aliphatic carbocycles. The largest absolute Gasteiger partial charge is 0.481 e. The Balaban J connectivity index is 2.12. The number of thioether (sulfide) groups is 1. The van der Waals surface area contributed by atoms with Gasteiger partial charge in [-0.05, 0) is 12.8 Å². The van der Waals surface area contributed by atoms with E-state index >= 15 is 0 Å². The molecule has 1 amide bonds. The van der Waals surface area contributed by atoms with Gasteiger partial charge in [0.05, 0.1) is 5.75 Å². The predicted molar refractivity (Wildman–Crippen MR) is 59.7 cm³/mol. The molecule has 1 aliphatic rings. The molecule has 0 saturated carbocycles. The Hall–Kier alpha value is -1.57. The molecule has 0 spiro atoms. The first kappa shape index (κ1) is 11.9. The number of aromatic nitrogens is 3. The summed E-state index contributed by atoms with van der Waals surface area (Å²) in [5.74, 6) is -1.07. The Kier molecular flexibility index (Phi) is 3.62. The minimum absolute atomic E-state index is 0.0618. The first-order chi connectivity index (χ1) is 8.18. The molecule has 1 unspecified atom stereocenters. The van der Waals surface area contributed by atoms with Crippen LogP contribution < -0.4 is 5.32 Å².